The van der Waals surface area contributed by atoms with Gasteiger partial charge in [0.2, 0.25) is 40.5 Å². The molecule has 0 amide bonds. The Morgan fingerprint density at radius 1 is 0.750 bits per heavy atom. The number of carbonyl (C=O) groups is 1. The Kier molecular flexibility index (Phi) is 6.76. The summed E-state index contributed by atoms with van der Waals surface area (Å²) in [4.78, 5) is 33.6. The van der Waals surface area contributed by atoms with Gasteiger partial charge < -0.3 is 18.9 Å². The van der Waals surface area contributed by atoms with Crippen molar-refractivity contribution in [3.8, 4) is 0 Å². The molecule has 0 aromatic carbocycles. The second-order valence-corrected chi connectivity index (χ2v) is 8.89. The Bertz CT molecular complexity index is 834. The van der Waals surface area contributed by atoms with Crippen molar-refractivity contribution in [3.05, 3.63) is 12.2 Å². The van der Waals surface area contributed by atoms with Crippen LogP contribution in [0.4, 0.5) is 0 Å². The standard InChI is InChI=1S/C23H34N4O5/c1-13(2)15-17(29-5)26-22(20(24-15)31-7)11-9-10-12-23(19(22)28)21(32-8)25-16(14(3)4)18(27-23)30-6/h9-10,13-16H,11-12H2,1-8H3/t15-,16-,22-,23-/m1/s1. The second kappa shape index (κ2) is 9.03. The topological polar surface area (TPSA) is 103 Å². The summed E-state index contributed by atoms with van der Waals surface area (Å²) >= 11 is 0. The number of aliphatic imine (C=N–C) groups is 4. The summed E-state index contributed by atoms with van der Waals surface area (Å²) < 4.78 is 22.5. The SMILES string of the molecule is COC1=N[C@@]2(CC=CC[C@@]3(N=C(OC)[C@@H](C(C)C)N=C3OC)C2=O)C(OC)=N[C@@H]1C(C)C. The number of carbonyl (C=O) groups excluding carboxylic acids is 1. The van der Waals surface area contributed by atoms with Gasteiger partial charge in [0.1, 0.15) is 12.1 Å². The minimum atomic E-state index is -1.44. The summed E-state index contributed by atoms with van der Waals surface area (Å²) in [5.74, 6) is 1.15. The summed E-state index contributed by atoms with van der Waals surface area (Å²) in [5.41, 5.74) is -2.88. The first-order chi connectivity index (χ1) is 15.2. The highest BCUT2D eigenvalue weighted by Crippen LogP contribution is 2.40. The van der Waals surface area contributed by atoms with Gasteiger partial charge >= 0.3 is 0 Å². The Hall–Kier alpha value is -2.71. The fourth-order valence-electron chi connectivity index (χ4n) is 4.42. The minimum Gasteiger partial charge on any atom is -0.483 e. The van der Waals surface area contributed by atoms with Crippen molar-refractivity contribution < 1.29 is 23.7 Å². The molecule has 3 aliphatic rings. The summed E-state index contributed by atoms with van der Waals surface area (Å²) in [7, 11) is 6.09. The zero-order valence-corrected chi connectivity index (χ0v) is 20.2. The Morgan fingerprint density at radius 3 is 1.41 bits per heavy atom. The van der Waals surface area contributed by atoms with Crippen LogP contribution in [0.1, 0.15) is 40.5 Å². The third-order valence-electron chi connectivity index (χ3n) is 6.14. The molecule has 0 saturated heterocycles. The van der Waals surface area contributed by atoms with Crippen molar-refractivity contribution in [2.75, 3.05) is 28.4 Å². The number of Topliss-reactive ketones (excluding diaryl/α,β-unsaturated/α-hetero) is 1. The Labute approximate surface area is 189 Å². The highest BCUT2D eigenvalue weighted by atomic mass is 16.5. The molecule has 0 saturated carbocycles. The predicted molar refractivity (Wildman–Crippen MR) is 124 cm³/mol. The molecule has 176 valence electrons. The molecule has 0 aromatic rings. The van der Waals surface area contributed by atoms with Crippen LogP contribution in [0.2, 0.25) is 0 Å². The van der Waals surface area contributed by atoms with E-state index in [9.17, 15) is 4.79 Å². The zero-order valence-electron chi connectivity index (χ0n) is 20.2. The molecular formula is C23H34N4O5. The van der Waals surface area contributed by atoms with Crippen LogP contribution in [0.3, 0.4) is 0 Å². The van der Waals surface area contributed by atoms with Crippen molar-refractivity contribution in [2.24, 2.45) is 31.8 Å². The smallest absolute Gasteiger partial charge is 0.221 e. The quantitative estimate of drug-likeness (QED) is 0.607. The molecule has 9 nitrogen and oxygen atoms in total. The number of hydrogen-bond donors (Lipinski definition) is 0. The van der Waals surface area contributed by atoms with Crippen LogP contribution < -0.4 is 0 Å². The molecule has 0 N–H and O–H groups in total. The maximum Gasteiger partial charge on any atom is 0.221 e. The van der Waals surface area contributed by atoms with E-state index in [0.717, 1.165) is 0 Å². The van der Waals surface area contributed by atoms with Crippen LogP contribution in [-0.4, -0.2) is 81.0 Å². The fourth-order valence-corrected chi connectivity index (χ4v) is 4.42. The van der Waals surface area contributed by atoms with Crippen LogP contribution in [-0.2, 0) is 23.7 Å². The largest absolute Gasteiger partial charge is 0.483 e. The molecule has 3 rings (SSSR count). The van der Waals surface area contributed by atoms with Gasteiger partial charge in [-0.15, -0.1) is 0 Å². The maximum absolute atomic E-state index is 14.4. The molecule has 9 heteroatoms. The number of rotatable bonds is 2. The molecule has 2 aliphatic heterocycles. The summed E-state index contributed by atoms with van der Waals surface area (Å²) in [6.07, 6.45) is 4.33. The highest BCUT2D eigenvalue weighted by molar-refractivity contribution is 6.26. The van der Waals surface area contributed by atoms with Gasteiger partial charge in [0.15, 0.2) is 0 Å². The van der Waals surface area contributed by atoms with Crippen LogP contribution in [0.15, 0.2) is 32.1 Å². The van der Waals surface area contributed by atoms with Crippen molar-refractivity contribution in [3.63, 3.8) is 0 Å². The molecule has 0 bridgehead atoms. The molecule has 32 heavy (non-hydrogen) atoms. The van der Waals surface area contributed by atoms with Crippen LogP contribution in [0.25, 0.3) is 0 Å². The van der Waals surface area contributed by atoms with E-state index in [1.807, 2.05) is 39.8 Å². The summed E-state index contributed by atoms with van der Waals surface area (Å²) in [5, 5.41) is 0. The van der Waals surface area contributed by atoms with Crippen molar-refractivity contribution >= 4 is 29.4 Å². The third-order valence-corrected chi connectivity index (χ3v) is 6.14. The highest BCUT2D eigenvalue weighted by Gasteiger charge is 2.61. The van der Waals surface area contributed by atoms with Crippen LogP contribution >= 0.6 is 0 Å². The van der Waals surface area contributed by atoms with Crippen molar-refractivity contribution in [1.82, 2.24) is 0 Å². The normalized spacial score (nSPS) is 32.4. The average molecular weight is 447 g/mol. The maximum atomic E-state index is 14.4. The molecule has 1 aliphatic carbocycles. The predicted octanol–water partition coefficient (Wildman–Crippen LogP) is 2.64. The minimum absolute atomic E-state index is 0.109. The molecular weight excluding hydrogens is 412 g/mol. The number of ketones is 1. The molecule has 2 spiro atoms. The van der Waals surface area contributed by atoms with Gasteiger partial charge in [-0.2, -0.15) is 0 Å². The summed E-state index contributed by atoms with van der Waals surface area (Å²) in [6, 6.07) is -0.691. The first-order valence-electron chi connectivity index (χ1n) is 10.9. The first-order valence-corrected chi connectivity index (χ1v) is 10.9. The molecule has 2 heterocycles. The van der Waals surface area contributed by atoms with E-state index in [-0.39, 0.29) is 54.3 Å². The monoisotopic (exact) mass is 446 g/mol. The van der Waals surface area contributed by atoms with E-state index in [1.165, 1.54) is 14.2 Å². The number of methoxy groups -OCH3 is 4. The lowest BCUT2D eigenvalue weighted by Gasteiger charge is -2.40. The van der Waals surface area contributed by atoms with Gasteiger partial charge in [-0.3, -0.25) is 4.79 Å². The van der Waals surface area contributed by atoms with E-state index in [0.29, 0.717) is 11.8 Å². The van der Waals surface area contributed by atoms with Gasteiger partial charge in [-0.05, 0) is 11.8 Å². The Morgan fingerprint density at radius 2 is 1.12 bits per heavy atom. The second-order valence-electron chi connectivity index (χ2n) is 8.89. The van der Waals surface area contributed by atoms with Gasteiger partial charge in [0.05, 0.1) is 28.4 Å². The first kappa shape index (κ1) is 23.9. The van der Waals surface area contributed by atoms with Crippen molar-refractivity contribution in [2.45, 2.75) is 63.7 Å². The van der Waals surface area contributed by atoms with Crippen LogP contribution in [0, 0.1) is 11.8 Å². The summed E-state index contributed by atoms with van der Waals surface area (Å²) in [6.45, 7) is 8.06. The van der Waals surface area contributed by atoms with Crippen molar-refractivity contribution in [1.29, 1.82) is 0 Å². The third kappa shape index (κ3) is 3.61. The lowest BCUT2D eigenvalue weighted by molar-refractivity contribution is -0.125. The molecule has 0 unspecified atom stereocenters. The Balaban J connectivity index is 2.24. The van der Waals surface area contributed by atoms with E-state index >= 15 is 0 Å². The average Bonchev–Trinajstić information content (AvgIpc) is 2.91. The van der Waals surface area contributed by atoms with Gasteiger partial charge in [-0.1, -0.05) is 39.8 Å². The van der Waals surface area contributed by atoms with Gasteiger partial charge in [-0.25, -0.2) is 20.0 Å². The van der Waals surface area contributed by atoms with E-state index in [4.69, 9.17) is 38.9 Å². The van der Waals surface area contributed by atoms with E-state index in [2.05, 4.69) is 0 Å². The fraction of sp³-hybridized carbons (Fsp3) is 0.696. The lowest BCUT2D eigenvalue weighted by Crippen LogP contribution is -2.62. The lowest BCUT2D eigenvalue weighted by atomic mass is 9.77. The molecule has 4 atom stereocenters. The van der Waals surface area contributed by atoms with E-state index in [1.54, 1.807) is 14.2 Å². The molecule has 0 radical (unpaired) electrons. The zero-order chi connectivity index (χ0) is 23.7. The van der Waals surface area contributed by atoms with E-state index < -0.39 is 11.1 Å². The number of nitrogens with zero attached hydrogens (tertiary/aromatic N) is 4. The van der Waals surface area contributed by atoms with Gasteiger partial charge in [0, 0.05) is 12.8 Å². The number of ether oxygens (including phenoxy) is 4. The number of hydrogen-bond acceptors (Lipinski definition) is 9. The molecule has 0 aromatic heterocycles. The molecule has 0 fully saturated rings. The van der Waals surface area contributed by atoms with Gasteiger partial charge in [0.25, 0.3) is 0 Å². The van der Waals surface area contributed by atoms with Crippen LogP contribution in [0.5, 0.6) is 0 Å².